The van der Waals surface area contributed by atoms with Gasteiger partial charge < -0.3 is 15.0 Å². The molecule has 0 aromatic heterocycles. The van der Waals surface area contributed by atoms with Crippen LogP contribution in [0.1, 0.15) is 56.7 Å². The van der Waals surface area contributed by atoms with Gasteiger partial charge >= 0.3 is 12.3 Å². The van der Waals surface area contributed by atoms with Gasteiger partial charge in [0.05, 0.1) is 5.56 Å². The van der Waals surface area contributed by atoms with E-state index in [-0.39, 0.29) is 36.0 Å². The number of nitrogens with one attached hydrogen (secondary N) is 1. The van der Waals surface area contributed by atoms with Gasteiger partial charge in [0.1, 0.15) is 5.60 Å². The summed E-state index contributed by atoms with van der Waals surface area (Å²) >= 11 is 3.37. The maximum atomic E-state index is 13.9. The SMILES string of the molecule is C[C@@H](CC(=O)Nc1ccc(CN2CCN(C(=O)OC(C)(C)C)CC2)c(C(F)(F)F)c1)c1ccc(Br)cc1. The van der Waals surface area contributed by atoms with Crippen molar-refractivity contribution in [3.05, 3.63) is 63.6 Å². The van der Waals surface area contributed by atoms with Gasteiger partial charge in [0.2, 0.25) is 5.91 Å². The minimum absolute atomic E-state index is 0.0891. The monoisotopic (exact) mass is 583 g/mol. The average Bonchev–Trinajstić information content (AvgIpc) is 2.79. The molecule has 3 rings (SSSR count). The second-order valence-electron chi connectivity index (χ2n) is 10.3. The molecule has 1 N–H and O–H groups in total. The number of hydrogen-bond donors (Lipinski definition) is 1. The van der Waals surface area contributed by atoms with Crippen molar-refractivity contribution in [2.75, 3.05) is 31.5 Å². The van der Waals surface area contributed by atoms with Crippen molar-refractivity contribution in [3.8, 4) is 0 Å². The van der Waals surface area contributed by atoms with Crippen molar-refractivity contribution in [3.63, 3.8) is 0 Å². The van der Waals surface area contributed by atoms with E-state index >= 15 is 0 Å². The van der Waals surface area contributed by atoms with E-state index in [1.165, 1.54) is 12.1 Å². The lowest BCUT2D eigenvalue weighted by Gasteiger charge is -2.36. The normalized spacial score (nSPS) is 15.8. The molecule has 0 aliphatic carbocycles. The predicted molar refractivity (Wildman–Crippen MR) is 140 cm³/mol. The van der Waals surface area contributed by atoms with E-state index in [1.807, 2.05) is 36.1 Å². The Hall–Kier alpha value is -2.59. The largest absolute Gasteiger partial charge is 0.444 e. The Kier molecular flexibility index (Phi) is 9.28. The molecule has 1 aliphatic heterocycles. The Morgan fingerprint density at radius 1 is 1.03 bits per heavy atom. The molecule has 1 fully saturated rings. The van der Waals surface area contributed by atoms with Crippen LogP contribution in [0, 0.1) is 0 Å². The number of hydrogen-bond acceptors (Lipinski definition) is 4. The molecule has 1 aliphatic rings. The molecule has 2 aromatic rings. The minimum Gasteiger partial charge on any atom is -0.444 e. The van der Waals surface area contributed by atoms with Gasteiger partial charge in [0.15, 0.2) is 0 Å². The molecule has 0 bridgehead atoms. The van der Waals surface area contributed by atoms with Crippen molar-refractivity contribution in [1.29, 1.82) is 0 Å². The van der Waals surface area contributed by atoms with Crippen LogP contribution in [-0.4, -0.2) is 53.6 Å². The van der Waals surface area contributed by atoms with Crippen molar-refractivity contribution in [2.45, 2.75) is 58.4 Å². The molecular weight excluding hydrogens is 551 g/mol. The van der Waals surface area contributed by atoms with Gasteiger partial charge in [-0.15, -0.1) is 0 Å². The number of rotatable bonds is 6. The molecule has 0 saturated carbocycles. The van der Waals surface area contributed by atoms with Crippen LogP contribution in [0.3, 0.4) is 0 Å². The molecule has 2 aromatic carbocycles. The number of carbonyl (C=O) groups excluding carboxylic acids is 2. The van der Waals surface area contributed by atoms with Crippen molar-refractivity contribution >= 4 is 33.6 Å². The van der Waals surface area contributed by atoms with Gasteiger partial charge in [-0.05, 0) is 62.1 Å². The summed E-state index contributed by atoms with van der Waals surface area (Å²) in [5.74, 6) is -0.441. The molecule has 37 heavy (non-hydrogen) atoms. The van der Waals surface area contributed by atoms with Gasteiger partial charge in [-0.1, -0.05) is 41.1 Å². The Morgan fingerprint density at radius 3 is 2.22 bits per heavy atom. The van der Waals surface area contributed by atoms with Gasteiger partial charge in [-0.25, -0.2) is 4.79 Å². The molecular formula is C27H33BrF3N3O3. The van der Waals surface area contributed by atoms with Gasteiger partial charge in [0.25, 0.3) is 0 Å². The summed E-state index contributed by atoms with van der Waals surface area (Å²) in [6.07, 6.45) is -4.84. The number of anilines is 1. The van der Waals surface area contributed by atoms with E-state index in [2.05, 4.69) is 21.2 Å². The second kappa shape index (κ2) is 11.9. The molecule has 1 atom stereocenters. The highest BCUT2D eigenvalue weighted by Gasteiger charge is 2.35. The number of alkyl halides is 3. The Bertz CT molecular complexity index is 1090. The fourth-order valence-corrected chi connectivity index (χ4v) is 4.38. The van der Waals surface area contributed by atoms with Crippen LogP contribution in [-0.2, 0) is 22.3 Å². The van der Waals surface area contributed by atoms with E-state index in [4.69, 9.17) is 4.74 Å². The third-order valence-corrected chi connectivity index (χ3v) is 6.58. The van der Waals surface area contributed by atoms with Crippen LogP contribution in [0.25, 0.3) is 0 Å². The Morgan fingerprint density at radius 2 is 1.65 bits per heavy atom. The zero-order chi connectivity index (χ0) is 27.4. The predicted octanol–water partition coefficient (Wildman–Crippen LogP) is 6.65. The fourth-order valence-electron chi connectivity index (χ4n) is 4.11. The first-order chi connectivity index (χ1) is 17.2. The molecule has 2 amide bonds. The average molecular weight is 584 g/mol. The number of carbonyl (C=O) groups is 2. The van der Waals surface area contributed by atoms with Crippen LogP contribution < -0.4 is 5.32 Å². The van der Waals surface area contributed by atoms with Crippen LogP contribution in [0.2, 0.25) is 0 Å². The maximum absolute atomic E-state index is 13.9. The number of benzene rings is 2. The van der Waals surface area contributed by atoms with E-state index in [9.17, 15) is 22.8 Å². The molecule has 6 nitrogen and oxygen atoms in total. The van der Waals surface area contributed by atoms with Gasteiger partial charge in [-0.3, -0.25) is 9.69 Å². The van der Waals surface area contributed by atoms with Crippen LogP contribution >= 0.6 is 15.9 Å². The molecule has 0 spiro atoms. The van der Waals surface area contributed by atoms with Crippen molar-refractivity contribution in [2.24, 2.45) is 0 Å². The topological polar surface area (TPSA) is 61.9 Å². The first-order valence-electron chi connectivity index (χ1n) is 12.2. The standard InChI is InChI=1S/C27H33BrF3N3O3/c1-18(19-5-8-21(28)9-6-19)15-24(35)32-22-10-7-20(23(16-22)27(29,30)31)17-33-11-13-34(14-12-33)25(36)37-26(2,3)4/h5-10,16,18H,11-15,17H2,1-4H3,(H,32,35)/t18-/m0/s1. The van der Waals surface area contributed by atoms with E-state index in [0.717, 1.165) is 16.1 Å². The van der Waals surface area contributed by atoms with E-state index in [0.29, 0.717) is 26.2 Å². The summed E-state index contributed by atoms with van der Waals surface area (Å²) in [6.45, 7) is 8.97. The summed E-state index contributed by atoms with van der Waals surface area (Å²) in [5, 5.41) is 2.61. The number of nitrogens with zero attached hydrogens (tertiary/aromatic N) is 2. The van der Waals surface area contributed by atoms with Crippen molar-refractivity contribution < 1.29 is 27.5 Å². The third kappa shape index (κ3) is 8.74. The summed E-state index contributed by atoms with van der Waals surface area (Å²) in [7, 11) is 0. The summed E-state index contributed by atoms with van der Waals surface area (Å²) in [6, 6.07) is 11.5. The molecule has 0 unspecified atom stereocenters. The summed E-state index contributed by atoms with van der Waals surface area (Å²) in [5.41, 5.74) is -0.181. The Labute approximate surface area is 224 Å². The molecule has 202 valence electrons. The smallest absolute Gasteiger partial charge is 0.416 e. The Balaban J connectivity index is 1.62. The zero-order valence-electron chi connectivity index (χ0n) is 21.5. The first-order valence-corrected chi connectivity index (χ1v) is 13.0. The number of halogens is 4. The zero-order valence-corrected chi connectivity index (χ0v) is 23.1. The second-order valence-corrected chi connectivity index (χ2v) is 11.2. The lowest BCUT2D eigenvalue weighted by atomic mass is 9.97. The highest BCUT2D eigenvalue weighted by atomic mass is 79.9. The third-order valence-electron chi connectivity index (χ3n) is 6.05. The lowest BCUT2D eigenvalue weighted by molar-refractivity contribution is -0.138. The van der Waals surface area contributed by atoms with Gasteiger partial charge in [0, 0.05) is 49.3 Å². The summed E-state index contributed by atoms with van der Waals surface area (Å²) in [4.78, 5) is 28.2. The summed E-state index contributed by atoms with van der Waals surface area (Å²) < 4.78 is 48.0. The fraction of sp³-hybridized carbons (Fsp3) is 0.481. The lowest BCUT2D eigenvalue weighted by Crippen LogP contribution is -2.49. The highest BCUT2D eigenvalue weighted by molar-refractivity contribution is 9.10. The van der Waals surface area contributed by atoms with Gasteiger partial charge in [-0.2, -0.15) is 13.2 Å². The number of piperazine rings is 1. The number of amides is 2. The van der Waals surface area contributed by atoms with E-state index < -0.39 is 23.4 Å². The molecule has 0 radical (unpaired) electrons. The van der Waals surface area contributed by atoms with E-state index in [1.54, 1.807) is 25.7 Å². The molecule has 1 heterocycles. The first kappa shape index (κ1) is 29.0. The highest BCUT2D eigenvalue weighted by Crippen LogP contribution is 2.35. The molecule has 10 heteroatoms. The van der Waals surface area contributed by atoms with Crippen LogP contribution in [0.5, 0.6) is 0 Å². The van der Waals surface area contributed by atoms with Crippen molar-refractivity contribution in [1.82, 2.24) is 9.80 Å². The molecule has 1 saturated heterocycles. The van der Waals surface area contributed by atoms with Crippen LogP contribution in [0.15, 0.2) is 46.9 Å². The minimum atomic E-state index is -4.57. The maximum Gasteiger partial charge on any atom is 0.416 e. The number of ether oxygens (including phenoxy) is 1. The quantitative estimate of drug-likeness (QED) is 0.413. The van der Waals surface area contributed by atoms with Crippen LogP contribution in [0.4, 0.5) is 23.7 Å².